The van der Waals surface area contributed by atoms with E-state index in [2.05, 4.69) is 9.98 Å². The second kappa shape index (κ2) is 10.6. The van der Waals surface area contributed by atoms with Gasteiger partial charge in [-0.25, -0.2) is 9.78 Å². The number of carbonyl (C=O) groups is 2. The Morgan fingerprint density at radius 3 is 2.79 bits per heavy atom. The molecule has 1 fully saturated rings. The lowest BCUT2D eigenvalue weighted by Crippen LogP contribution is -2.35. The van der Waals surface area contributed by atoms with Gasteiger partial charge in [-0.3, -0.25) is 24.1 Å². The van der Waals surface area contributed by atoms with Gasteiger partial charge in [0.1, 0.15) is 16.9 Å². The minimum Gasteiger partial charge on any atom is -0.462 e. The van der Waals surface area contributed by atoms with Crippen molar-refractivity contribution in [1.29, 1.82) is 0 Å². The van der Waals surface area contributed by atoms with E-state index in [0.29, 0.717) is 17.8 Å². The van der Waals surface area contributed by atoms with Crippen LogP contribution in [0, 0.1) is 17.0 Å². The van der Waals surface area contributed by atoms with Crippen molar-refractivity contribution in [3.63, 3.8) is 0 Å². The minimum atomic E-state index is -0.804. The maximum Gasteiger partial charge on any atom is 0.341 e. The Bertz CT molecular complexity index is 1770. The number of nitro benzene ring substituents is 1. The molecule has 0 N–H and O–H groups in total. The fourth-order valence-electron chi connectivity index (χ4n) is 4.62. The van der Waals surface area contributed by atoms with Crippen molar-refractivity contribution >= 4 is 34.2 Å². The number of hydrogen-bond acceptors (Lipinski definition) is 8. The van der Waals surface area contributed by atoms with Crippen LogP contribution in [0.4, 0.5) is 5.69 Å². The van der Waals surface area contributed by atoms with Gasteiger partial charge < -0.3 is 14.0 Å². The van der Waals surface area contributed by atoms with Gasteiger partial charge in [0.2, 0.25) is 0 Å². The van der Waals surface area contributed by atoms with Crippen molar-refractivity contribution in [2.75, 3.05) is 13.2 Å². The summed E-state index contributed by atoms with van der Waals surface area (Å²) in [6, 6.07) is 10.5. The van der Waals surface area contributed by atoms with Gasteiger partial charge in [-0.15, -0.1) is 0 Å². The fraction of sp³-hybridized carbons (Fsp3) is 0.296. The van der Waals surface area contributed by atoms with E-state index in [1.165, 1.54) is 27.2 Å². The Morgan fingerprint density at radius 2 is 2.08 bits per heavy atom. The Hall–Kier alpha value is -4.71. The number of carbonyl (C=O) groups excluding carboxylic acids is 2. The summed E-state index contributed by atoms with van der Waals surface area (Å²) in [5, 5.41) is 11.6. The predicted octanol–water partition coefficient (Wildman–Crippen LogP) is 2.96. The third kappa shape index (κ3) is 4.93. The second-order valence-corrected chi connectivity index (χ2v) is 9.11. The summed E-state index contributed by atoms with van der Waals surface area (Å²) in [7, 11) is 0. The van der Waals surface area contributed by atoms with Gasteiger partial charge in [0.05, 0.1) is 29.6 Å². The first-order valence-corrected chi connectivity index (χ1v) is 12.5. The number of fused-ring (bicyclic) bond motifs is 2. The monoisotopic (exact) mass is 531 g/mol. The normalized spacial score (nSPS) is 15.6. The summed E-state index contributed by atoms with van der Waals surface area (Å²) in [4.78, 5) is 59.8. The molecule has 0 spiro atoms. The maximum absolute atomic E-state index is 13.5. The summed E-state index contributed by atoms with van der Waals surface area (Å²) in [5.74, 6) is -1.58. The molecule has 1 aromatic carbocycles. The lowest BCUT2D eigenvalue weighted by Gasteiger charge is -2.18. The molecule has 1 unspecified atom stereocenters. The van der Waals surface area contributed by atoms with Crippen LogP contribution in [-0.4, -0.2) is 50.1 Å². The van der Waals surface area contributed by atoms with Crippen LogP contribution >= 0.6 is 0 Å². The van der Waals surface area contributed by atoms with Crippen LogP contribution in [0.3, 0.4) is 0 Å². The third-order valence-electron chi connectivity index (χ3n) is 6.56. The molecule has 5 rings (SSSR count). The molecular formula is C27H25N5O7. The standard InChI is InChI=1S/C27H25N5O7/c1-3-38-27(35)20-14-19-23(28-22-8-4-5-11-30(22)26(19)34)31(15-18-7-6-12-39-18)24(20)29-25(33)17-10-9-16(2)21(13-17)32(36)37/h4-5,8-11,13-14,18H,3,6-7,12,15H2,1-2H3. The molecule has 1 amide bonds. The van der Waals surface area contributed by atoms with E-state index in [1.807, 2.05) is 0 Å². The average Bonchev–Trinajstić information content (AvgIpc) is 3.43. The molecule has 4 aromatic rings. The predicted molar refractivity (Wildman–Crippen MR) is 140 cm³/mol. The number of hydrogen-bond donors (Lipinski definition) is 0. The van der Waals surface area contributed by atoms with Crippen LogP contribution in [0.15, 0.2) is 58.4 Å². The van der Waals surface area contributed by atoms with Gasteiger partial charge in [-0.05, 0) is 51.0 Å². The molecule has 1 aliphatic rings. The van der Waals surface area contributed by atoms with Crippen LogP contribution < -0.4 is 11.0 Å². The highest BCUT2D eigenvalue weighted by molar-refractivity contribution is 5.97. The van der Waals surface area contributed by atoms with Crippen molar-refractivity contribution in [3.8, 4) is 0 Å². The first-order chi connectivity index (χ1) is 18.8. The lowest BCUT2D eigenvalue weighted by molar-refractivity contribution is -0.385. The Kier molecular flexibility index (Phi) is 7.03. The maximum atomic E-state index is 13.5. The molecule has 0 aliphatic carbocycles. The van der Waals surface area contributed by atoms with E-state index >= 15 is 0 Å². The second-order valence-electron chi connectivity index (χ2n) is 9.11. The number of rotatable bonds is 6. The summed E-state index contributed by atoms with van der Waals surface area (Å²) >= 11 is 0. The summed E-state index contributed by atoms with van der Waals surface area (Å²) in [6.45, 7) is 3.97. The van der Waals surface area contributed by atoms with Crippen LogP contribution in [0.2, 0.25) is 0 Å². The largest absolute Gasteiger partial charge is 0.462 e. The highest BCUT2D eigenvalue weighted by Crippen LogP contribution is 2.21. The molecule has 12 nitrogen and oxygen atoms in total. The first kappa shape index (κ1) is 25.9. The fourth-order valence-corrected chi connectivity index (χ4v) is 4.62. The summed E-state index contributed by atoms with van der Waals surface area (Å²) in [6.07, 6.45) is 2.86. The molecule has 0 radical (unpaired) electrons. The zero-order valence-corrected chi connectivity index (χ0v) is 21.3. The molecule has 1 aliphatic heterocycles. The van der Waals surface area contributed by atoms with Crippen LogP contribution in [0.5, 0.6) is 0 Å². The average molecular weight is 532 g/mol. The SMILES string of the molecule is CCOC(=O)c1cc2c(=O)n3ccccc3nc2n(CC2CCCO2)c1=NC(=O)c1ccc(C)c([N+](=O)[O-])c1. The molecule has 0 bridgehead atoms. The molecule has 4 heterocycles. The number of nitro groups is 1. The van der Waals surface area contributed by atoms with E-state index in [1.54, 1.807) is 38.2 Å². The highest BCUT2D eigenvalue weighted by atomic mass is 16.6. The number of aromatic nitrogens is 3. The van der Waals surface area contributed by atoms with Crippen molar-refractivity contribution in [3.05, 3.63) is 91.3 Å². The summed E-state index contributed by atoms with van der Waals surface area (Å²) in [5.41, 5.74) is 0.131. The molecular weight excluding hydrogens is 506 g/mol. The van der Waals surface area contributed by atoms with Gasteiger partial charge in [-0.2, -0.15) is 4.99 Å². The molecule has 1 saturated heterocycles. The van der Waals surface area contributed by atoms with Crippen molar-refractivity contribution in [2.24, 2.45) is 4.99 Å². The van der Waals surface area contributed by atoms with Crippen molar-refractivity contribution in [1.82, 2.24) is 14.0 Å². The number of esters is 1. The Balaban J connectivity index is 1.84. The van der Waals surface area contributed by atoms with Gasteiger partial charge in [0.15, 0.2) is 5.49 Å². The zero-order chi connectivity index (χ0) is 27.7. The first-order valence-electron chi connectivity index (χ1n) is 12.5. The number of amides is 1. The van der Waals surface area contributed by atoms with Gasteiger partial charge >= 0.3 is 5.97 Å². The van der Waals surface area contributed by atoms with E-state index in [0.717, 1.165) is 18.9 Å². The number of aryl methyl sites for hydroxylation is 1. The van der Waals surface area contributed by atoms with Gasteiger partial charge in [-0.1, -0.05) is 12.1 Å². The minimum absolute atomic E-state index is 0.0302. The van der Waals surface area contributed by atoms with Crippen LogP contribution in [0.1, 0.15) is 46.0 Å². The number of benzene rings is 1. The molecule has 0 saturated carbocycles. The number of nitrogens with zero attached hydrogens (tertiary/aromatic N) is 5. The van der Waals surface area contributed by atoms with E-state index < -0.39 is 22.4 Å². The molecule has 12 heteroatoms. The van der Waals surface area contributed by atoms with Gasteiger partial charge in [0.25, 0.3) is 17.2 Å². The number of pyridine rings is 2. The molecule has 200 valence electrons. The molecule has 39 heavy (non-hydrogen) atoms. The molecule has 1 atom stereocenters. The van der Waals surface area contributed by atoms with Crippen LogP contribution in [-0.2, 0) is 16.0 Å². The lowest BCUT2D eigenvalue weighted by atomic mass is 10.1. The summed E-state index contributed by atoms with van der Waals surface area (Å²) < 4.78 is 14.0. The highest BCUT2D eigenvalue weighted by Gasteiger charge is 2.24. The van der Waals surface area contributed by atoms with Crippen molar-refractivity contribution in [2.45, 2.75) is 39.3 Å². The smallest absolute Gasteiger partial charge is 0.341 e. The molecule has 3 aromatic heterocycles. The quantitative estimate of drug-likeness (QED) is 0.160. The van der Waals surface area contributed by atoms with Gasteiger partial charge in [0, 0.05) is 30.0 Å². The Morgan fingerprint density at radius 1 is 1.26 bits per heavy atom. The van der Waals surface area contributed by atoms with E-state index in [4.69, 9.17) is 9.47 Å². The van der Waals surface area contributed by atoms with E-state index in [-0.39, 0.29) is 52.6 Å². The Labute approximate surface area is 221 Å². The number of ether oxygens (including phenoxy) is 2. The van der Waals surface area contributed by atoms with Crippen LogP contribution in [0.25, 0.3) is 16.7 Å². The third-order valence-corrected chi connectivity index (χ3v) is 6.56. The van der Waals surface area contributed by atoms with E-state index in [9.17, 15) is 24.5 Å². The topological polar surface area (TPSA) is 147 Å². The van der Waals surface area contributed by atoms with Crippen molar-refractivity contribution < 1.29 is 24.0 Å². The zero-order valence-electron chi connectivity index (χ0n) is 21.3.